The monoisotopic (exact) mass is 362 g/mol. The van der Waals surface area contributed by atoms with E-state index in [4.69, 9.17) is 5.26 Å². The van der Waals surface area contributed by atoms with Gasteiger partial charge in [0.25, 0.3) is 5.91 Å². The van der Waals surface area contributed by atoms with Crippen LogP contribution in [0.2, 0.25) is 0 Å². The van der Waals surface area contributed by atoms with Gasteiger partial charge in [-0.15, -0.1) is 0 Å². The molecule has 0 spiro atoms. The van der Waals surface area contributed by atoms with Crippen LogP contribution in [0.1, 0.15) is 16.7 Å². The van der Waals surface area contributed by atoms with Crippen molar-refractivity contribution in [1.29, 1.82) is 5.26 Å². The molecule has 0 radical (unpaired) electrons. The van der Waals surface area contributed by atoms with Crippen LogP contribution < -0.4 is 10.2 Å². The van der Waals surface area contributed by atoms with E-state index < -0.39 is 12.1 Å². The zero-order chi connectivity index (χ0) is 19.1. The quantitative estimate of drug-likeness (QED) is 0.702. The van der Waals surface area contributed by atoms with E-state index in [1.165, 1.54) is 18.2 Å². The van der Waals surface area contributed by atoms with Crippen molar-refractivity contribution in [3.05, 3.63) is 65.1 Å². The van der Waals surface area contributed by atoms with Crippen molar-refractivity contribution >= 4 is 28.5 Å². The molecule has 3 amide bonds. The van der Waals surface area contributed by atoms with Gasteiger partial charge in [-0.05, 0) is 48.4 Å². The summed E-state index contributed by atoms with van der Waals surface area (Å²) in [6, 6.07) is 10.0. The predicted octanol–water partition coefficient (Wildman–Crippen LogP) is 3.15. The molecule has 1 aliphatic heterocycles. The highest BCUT2D eigenvalue weighted by Crippen LogP contribution is 2.27. The van der Waals surface area contributed by atoms with Crippen LogP contribution >= 0.6 is 0 Å². The largest absolute Gasteiger partial charge is 0.361 e. The summed E-state index contributed by atoms with van der Waals surface area (Å²) in [6.07, 6.45) is 2.00. The van der Waals surface area contributed by atoms with E-state index >= 15 is 0 Å². The van der Waals surface area contributed by atoms with E-state index in [0.717, 1.165) is 21.4 Å². The third kappa shape index (κ3) is 2.81. The van der Waals surface area contributed by atoms with Gasteiger partial charge in [0.05, 0.1) is 17.3 Å². The number of hydrogen-bond acceptors (Lipinski definition) is 3. The number of carbonyl (C=O) groups excluding carboxylic acids is 2. The Kier molecular flexibility index (Phi) is 3.89. The number of hydrogen-bond donors (Lipinski definition) is 2. The van der Waals surface area contributed by atoms with Crippen molar-refractivity contribution in [3.8, 4) is 6.07 Å². The number of halogens is 1. The molecule has 3 aromatic rings. The fraction of sp³-hybridized carbons (Fsp3) is 0.150. The topological polar surface area (TPSA) is 89.0 Å². The Labute approximate surface area is 154 Å². The van der Waals surface area contributed by atoms with Crippen LogP contribution in [0.15, 0.2) is 42.6 Å². The zero-order valence-electron chi connectivity index (χ0n) is 14.4. The minimum atomic E-state index is -0.730. The number of aromatic amines is 1. The van der Waals surface area contributed by atoms with Gasteiger partial charge in [0.1, 0.15) is 11.9 Å². The summed E-state index contributed by atoms with van der Waals surface area (Å²) >= 11 is 0. The van der Waals surface area contributed by atoms with Gasteiger partial charge in [0.15, 0.2) is 0 Å². The fourth-order valence-corrected chi connectivity index (χ4v) is 3.36. The van der Waals surface area contributed by atoms with Crippen molar-refractivity contribution in [2.75, 3.05) is 4.90 Å². The van der Waals surface area contributed by atoms with Crippen molar-refractivity contribution < 1.29 is 14.0 Å². The second-order valence-corrected chi connectivity index (χ2v) is 6.50. The third-order valence-electron chi connectivity index (χ3n) is 4.75. The van der Waals surface area contributed by atoms with Crippen LogP contribution in [0.5, 0.6) is 0 Å². The van der Waals surface area contributed by atoms with E-state index in [9.17, 15) is 14.0 Å². The number of urea groups is 1. The fourth-order valence-electron chi connectivity index (χ4n) is 3.36. The molecule has 0 bridgehead atoms. The summed E-state index contributed by atoms with van der Waals surface area (Å²) in [7, 11) is 0. The maximum atomic E-state index is 13.3. The minimum Gasteiger partial charge on any atom is -0.361 e. The lowest BCUT2D eigenvalue weighted by Gasteiger charge is -2.16. The Balaban J connectivity index is 1.64. The number of imide groups is 1. The van der Waals surface area contributed by atoms with Crippen molar-refractivity contribution in [2.24, 2.45) is 0 Å². The molecular weight excluding hydrogens is 347 g/mol. The Bertz CT molecular complexity index is 1130. The van der Waals surface area contributed by atoms with Gasteiger partial charge in [-0.3, -0.25) is 4.79 Å². The van der Waals surface area contributed by atoms with Crippen LogP contribution in [0, 0.1) is 24.1 Å². The summed E-state index contributed by atoms with van der Waals surface area (Å²) in [5.74, 6) is -0.727. The molecule has 6 nitrogen and oxygen atoms in total. The van der Waals surface area contributed by atoms with Gasteiger partial charge < -0.3 is 10.3 Å². The molecule has 0 aliphatic carbocycles. The normalized spacial score (nSPS) is 16.6. The summed E-state index contributed by atoms with van der Waals surface area (Å²) in [5.41, 5.74) is 2.95. The Morgan fingerprint density at radius 2 is 2.04 bits per heavy atom. The molecule has 1 fully saturated rings. The molecule has 1 saturated heterocycles. The van der Waals surface area contributed by atoms with E-state index in [1.807, 2.05) is 6.07 Å². The first-order valence-electron chi connectivity index (χ1n) is 8.38. The summed E-state index contributed by atoms with van der Waals surface area (Å²) in [4.78, 5) is 29.4. The van der Waals surface area contributed by atoms with E-state index in [1.54, 1.807) is 31.3 Å². The Morgan fingerprint density at radius 3 is 2.81 bits per heavy atom. The SMILES string of the molecule is Cc1ccc(C#N)cc1N1C(=O)N[C@@H](Cc2c[nH]c3cc(F)ccc23)C1=O. The number of H-pyrrole nitrogens is 1. The molecule has 0 saturated carbocycles. The number of aryl methyl sites for hydroxylation is 1. The summed E-state index contributed by atoms with van der Waals surface area (Å²) < 4.78 is 13.3. The predicted molar refractivity (Wildman–Crippen MR) is 97.7 cm³/mol. The maximum Gasteiger partial charge on any atom is 0.329 e. The Morgan fingerprint density at radius 1 is 1.22 bits per heavy atom. The summed E-state index contributed by atoms with van der Waals surface area (Å²) in [6.45, 7) is 1.78. The summed E-state index contributed by atoms with van der Waals surface area (Å²) in [5, 5.41) is 12.6. The first kappa shape index (κ1) is 16.8. The third-order valence-corrected chi connectivity index (χ3v) is 4.75. The number of aromatic nitrogens is 1. The molecule has 2 heterocycles. The Hall–Kier alpha value is -3.66. The number of benzene rings is 2. The molecule has 27 heavy (non-hydrogen) atoms. The number of nitriles is 1. The first-order valence-corrected chi connectivity index (χ1v) is 8.38. The maximum absolute atomic E-state index is 13.3. The molecule has 1 aromatic heterocycles. The standard InChI is InChI=1S/C20H15FN4O2/c1-11-2-3-12(9-22)6-18(11)25-19(26)17(24-20(25)27)7-13-10-23-16-8-14(21)4-5-15(13)16/h2-6,8,10,17,23H,7H2,1H3,(H,24,27)/t17-/m0/s1. The van der Waals surface area contributed by atoms with Crippen LogP contribution in [-0.2, 0) is 11.2 Å². The van der Waals surface area contributed by atoms with Crippen LogP contribution in [0.3, 0.4) is 0 Å². The van der Waals surface area contributed by atoms with Gasteiger partial charge >= 0.3 is 6.03 Å². The number of fused-ring (bicyclic) bond motifs is 1. The van der Waals surface area contributed by atoms with Crippen LogP contribution in [0.25, 0.3) is 10.9 Å². The molecule has 2 N–H and O–H groups in total. The highest BCUT2D eigenvalue weighted by atomic mass is 19.1. The van der Waals surface area contributed by atoms with Gasteiger partial charge in [-0.25, -0.2) is 14.1 Å². The number of amides is 3. The molecular formula is C20H15FN4O2. The molecule has 0 unspecified atom stereocenters. The average Bonchev–Trinajstić information content (AvgIpc) is 3.16. The number of rotatable bonds is 3. The highest BCUT2D eigenvalue weighted by molar-refractivity contribution is 6.21. The number of nitrogens with zero attached hydrogens (tertiary/aromatic N) is 2. The second kappa shape index (κ2) is 6.25. The van der Waals surface area contributed by atoms with E-state index in [0.29, 0.717) is 16.8 Å². The minimum absolute atomic E-state index is 0.281. The lowest BCUT2D eigenvalue weighted by Crippen LogP contribution is -2.32. The van der Waals surface area contributed by atoms with Crippen LogP contribution in [0.4, 0.5) is 14.9 Å². The van der Waals surface area contributed by atoms with E-state index in [-0.39, 0.29) is 18.1 Å². The second-order valence-electron chi connectivity index (χ2n) is 6.50. The van der Waals surface area contributed by atoms with Gasteiger partial charge in [0.2, 0.25) is 0 Å². The van der Waals surface area contributed by atoms with Gasteiger partial charge in [-0.2, -0.15) is 5.26 Å². The van der Waals surface area contributed by atoms with Gasteiger partial charge in [-0.1, -0.05) is 6.07 Å². The van der Waals surface area contributed by atoms with Crippen molar-refractivity contribution in [3.63, 3.8) is 0 Å². The average molecular weight is 362 g/mol. The van der Waals surface area contributed by atoms with Gasteiger partial charge in [0, 0.05) is 23.5 Å². The van der Waals surface area contributed by atoms with Crippen molar-refractivity contribution in [1.82, 2.24) is 10.3 Å². The lowest BCUT2D eigenvalue weighted by atomic mass is 10.0. The van der Waals surface area contributed by atoms with E-state index in [2.05, 4.69) is 10.3 Å². The smallest absolute Gasteiger partial charge is 0.329 e. The number of anilines is 1. The molecule has 4 rings (SSSR count). The molecule has 1 atom stereocenters. The lowest BCUT2D eigenvalue weighted by molar-refractivity contribution is -0.118. The first-order chi connectivity index (χ1) is 13.0. The molecule has 7 heteroatoms. The number of nitrogens with one attached hydrogen (secondary N) is 2. The molecule has 134 valence electrons. The number of carbonyl (C=O) groups is 2. The zero-order valence-corrected chi connectivity index (χ0v) is 14.4. The van der Waals surface area contributed by atoms with Crippen LogP contribution in [-0.4, -0.2) is 23.0 Å². The molecule has 1 aliphatic rings. The molecule has 2 aromatic carbocycles. The highest BCUT2D eigenvalue weighted by Gasteiger charge is 2.40. The van der Waals surface area contributed by atoms with Crippen molar-refractivity contribution in [2.45, 2.75) is 19.4 Å².